The van der Waals surface area contributed by atoms with E-state index in [4.69, 9.17) is 19.2 Å². The first-order valence-corrected chi connectivity index (χ1v) is 10.5. The van der Waals surface area contributed by atoms with Gasteiger partial charge in [0.1, 0.15) is 11.4 Å². The number of imidazole rings is 1. The first kappa shape index (κ1) is 18.7. The van der Waals surface area contributed by atoms with Crippen molar-refractivity contribution in [2.24, 2.45) is 11.3 Å². The molecule has 3 fully saturated rings. The Bertz CT molecular complexity index is 938. The minimum absolute atomic E-state index is 0.0540. The maximum Gasteiger partial charge on any atom is 0.175 e. The van der Waals surface area contributed by atoms with Crippen LogP contribution in [0.1, 0.15) is 45.1 Å². The summed E-state index contributed by atoms with van der Waals surface area (Å²) in [4.78, 5) is 9.05. The molecular formula is C23H27N3O3. The lowest BCUT2D eigenvalue weighted by molar-refractivity contribution is -0.226. The van der Waals surface area contributed by atoms with Gasteiger partial charge in [-0.2, -0.15) is 0 Å². The van der Waals surface area contributed by atoms with Crippen LogP contribution in [-0.2, 0) is 16.0 Å². The van der Waals surface area contributed by atoms with Crippen molar-refractivity contribution < 1.29 is 14.2 Å². The van der Waals surface area contributed by atoms with Crippen molar-refractivity contribution in [3.05, 3.63) is 30.4 Å². The number of nitrogens with zero attached hydrogens (tertiary/aromatic N) is 3. The Kier molecular flexibility index (Phi) is 4.81. The fraction of sp³-hybridized carbons (Fsp3) is 0.565. The minimum atomic E-state index is -0.285. The Hall–Kier alpha value is -2.36. The van der Waals surface area contributed by atoms with E-state index in [0.717, 1.165) is 35.5 Å². The average Bonchev–Trinajstić information content (AvgIpc) is 3.63. The maximum absolute atomic E-state index is 6.18. The van der Waals surface area contributed by atoms with Crippen molar-refractivity contribution in [3.63, 3.8) is 0 Å². The number of pyridine rings is 1. The number of ether oxygens (including phenoxy) is 3. The van der Waals surface area contributed by atoms with Crippen LogP contribution in [-0.4, -0.2) is 40.1 Å². The van der Waals surface area contributed by atoms with Crippen LogP contribution in [0.3, 0.4) is 0 Å². The molecule has 6 nitrogen and oxygen atoms in total. The lowest BCUT2D eigenvalue weighted by Gasteiger charge is -2.34. The summed E-state index contributed by atoms with van der Waals surface area (Å²) in [5.74, 6) is 7.89. The molecule has 3 aliphatic rings. The predicted octanol–water partition coefficient (Wildman–Crippen LogP) is 3.65. The first-order valence-electron chi connectivity index (χ1n) is 10.5. The van der Waals surface area contributed by atoms with Gasteiger partial charge in [-0.05, 0) is 31.7 Å². The van der Waals surface area contributed by atoms with Gasteiger partial charge in [-0.15, -0.1) is 0 Å². The Morgan fingerprint density at radius 3 is 2.69 bits per heavy atom. The van der Waals surface area contributed by atoms with Crippen LogP contribution in [0.2, 0.25) is 0 Å². The van der Waals surface area contributed by atoms with Crippen molar-refractivity contribution in [3.8, 4) is 29.0 Å². The van der Waals surface area contributed by atoms with Gasteiger partial charge in [0.25, 0.3) is 0 Å². The summed E-state index contributed by atoms with van der Waals surface area (Å²) < 4.78 is 20.0. The van der Waals surface area contributed by atoms with Gasteiger partial charge in [0, 0.05) is 23.1 Å². The topological polar surface area (TPSA) is 58.4 Å². The van der Waals surface area contributed by atoms with E-state index in [-0.39, 0.29) is 17.8 Å². The van der Waals surface area contributed by atoms with Gasteiger partial charge in [0.15, 0.2) is 6.29 Å². The van der Waals surface area contributed by atoms with Crippen LogP contribution in [0.5, 0.6) is 5.75 Å². The van der Waals surface area contributed by atoms with Gasteiger partial charge in [-0.25, -0.2) is 9.97 Å². The van der Waals surface area contributed by atoms with E-state index < -0.39 is 0 Å². The summed E-state index contributed by atoms with van der Waals surface area (Å²) in [6, 6.07) is 2.02. The van der Waals surface area contributed by atoms with E-state index in [2.05, 4.69) is 30.7 Å². The smallest absolute Gasteiger partial charge is 0.175 e. The van der Waals surface area contributed by atoms with E-state index in [1.807, 2.05) is 23.0 Å². The monoisotopic (exact) mass is 393 g/mol. The first-order chi connectivity index (χ1) is 14.1. The minimum Gasteiger partial charge on any atom is -0.488 e. The van der Waals surface area contributed by atoms with E-state index >= 15 is 0 Å². The second kappa shape index (κ2) is 7.47. The highest BCUT2D eigenvalue weighted by Crippen LogP contribution is 2.35. The molecular weight excluding hydrogens is 366 g/mol. The molecule has 2 aromatic heterocycles. The molecule has 0 atom stereocenters. The molecule has 2 aliphatic carbocycles. The predicted molar refractivity (Wildman–Crippen MR) is 108 cm³/mol. The van der Waals surface area contributed by atoms with E-state index in [9.17, 15) is 0 Å². The molecule has 0 unspecified atom stereocenters. The summed E-state index contributed by atoms with van der Waals surface area (Å²) in [6.07, 6.45) is 10.1. The molecule has 0 aromatic carbocycles. The molecule has 2 aromatic rings. The Balaban J connectivity index is 1.39. The van der Waals surface area contributed by atoms with Crippen LogP contribution in [0.15, 0.2) is 24.8 Å². The number of rotatable bonds is 5. The molecule has 0 bridgehead atoms. The zero-order chi connectivity index (χ0) is 19.8. The van der Waals surface area contributed by atoms with Crippen LogP contribution in [0.4, 0.5) is 0 Å². The SMILES string of the molecule is CC1(C)COC(Cn2cncc2-c2ncc(C#CC3CC3)cc2OC2CC2)OC1. The molecule has 0 spiro atoms. The summed E-state index contributed by atoms with van der Waals surface area (Å²) in [5.41, 5.74) is 2.66. The van der Waals surface area contributed by atoms with E-state index in [1.54, 1.807) is 6.33 Å². The fourth-order valence-electron chi connectivity index (χ4n) is 3.23. The molecule has 6 heteroatoms. The standard InChI is InChI=1S/C23H27N3O3/c1-23(2)13-27-21(28-14-23)12-26-15-24-11-19(26)22-20(29-18-7-8-18)9-17(10-25-22)6-5-16-3-4-16/h9-11,15-16,18,21H,3-4,7-8,12-14H2,1-2H3. The van der Waals surface area contributed by atoms with Crippen molar-refractivity contribution in [1.29, 1.82) is 0 Å². The van der Waals surface area contributed by atoms with Crippen molar-refractivity contribution >= 4 is 0 Å². The summed E-state index contributed by atoms with van der Waals surface area (Å²) in [5, 5.41) is 0. The summed E-state index contributed by atoms with van der Waals surface area (Å²) in [7, 11) is 0. The van der Waals surface area contributed by atoms with Crippen molar-refractivity contribution in [2.45, 2.75) is 58.5 Å². The third-order valence-corrected chi connectivity index (χ3v) is 5.29. The van der Waals surface area contributed by atoms with Gasteiger partial charge < -0.3 is 18.8 Å². The molecule has 1 aliphatic heterocycles. The second-order valence-corrected chi connectivity index (χ2v) is 9.08. The highest BCUT2D eigenvalue weighted by atomic mass is 16.7. The van der Waals surface area contributed by atoms with Crippen LogP contribution in [0.25, 0.3) is 11.4 Å². The van der Waals surface area contributed by atoms with E-state index in [1.165, 1.54) is 12.8 Å². The average molecular weight is 393 g/mol. The third-order valence-electron chi connectivity index (χ3n) is 5.29. The zero-order valence-electron chi connectivity index (χ0n) is 17.1. The Morgan fingerprint density at radius 2 is 1.97 bits per heavy atom. The highest BCUT2D eigenvalue weighted by Gasteiger charge is 2.30. The lowest BCUT2D eigenvalue weighted by Crippen LogP contribution is -2.39. The summed E-state index contributed by atoms with van der Waals surface area (Å²) in [6.45, 7) is 6.23. The Labute approximate surface area is 171 Å². The molecule has 5 rings (SSSR count). The number of hydrogen-bond acceptors (Lipinski definition) is 5. The van der Waals surface area contributed by atoms with Crippen molar-refractivity contribution in [2.75, 3.05) is 13.2 Å². The number of aromatic nitrogens is 3. The van der Waals surface area contributed by atoms with Crippen molar-refractivity contribution in [1.82, 2.24) is 14.5 Å². The molecule has 152 valence electrons. The quantitative estimate of drug-likeness (QED) is 0.726. The molecule has 29 heavy (non-hydrogen) atoms. The van der Waals surface area contributed by atoms with Gasteiger partial charge >= 0.3 is 0 Å². The molecule has 1 saturated heterocycles. The van der Waals surface area contributed by atoms with Gasteiger partial charge in [-0.1, -0.05) is 25.7 Å². The molecule has 0 radical (unpaired) electrons. The van der Waals surface area contributed by atoms with E-state index in [0.29, 0.717) is 25.7 Å². The molecule has 0 amide bonds. The number of hydrogen-bond donors (Lipinski definition) is 0. The highest BCUT2D eigenvalue weighted by molar-refractivity contribution is 5.64. The Morgan fingerprint density at radius 1 is 1.17 bits per heavy atom. The lowest BCUT2D eigenvalue weighted by atomic mass is 9.96. The molecule has 3 heterocycles. The van der Waals surface area contributed by atoms with Crippen LogP contribution in [0, 0.1) is 23.2 Å². The van der Waals surface area contributed by atoms with Crippen LogP contribution >= 0.6 is 0 Å². The molecule has 0 N–H and O–H groups in total. The normalized spacial score (nSPS) is 21.4. The summed E-state index contributed by atoms with van der Waals surface area (Å²) >= 11 is 0. The maximum atomic E-state index is 6.18. The van der Waals surface area contributed by atoms with Gasteiger partial charge in [0.05, 0.1) is 44.1 Å². The van der Waals surface area contributed by atoms with Gasteiger partial charge in [-0.3, -0.25) is 0 Å². The second-order valence-electron chi connectivity index (χ2n) is 9.08. The van der Waals surface area contributed by atoms with Gasteiger partial charge in [0.2, 0.25) is 0 Å². The fourth-order valence-corrected chi connectivity index (χ4v) is 3.23. The largest absolute Gasteiger partial charge is 0.488 e. The van der Waals surface area contributed by atoms with Crippen LogP contribution < -0.4 is 4.74 Å². The molecule has 2 saturated carbocycles. The third kappa shape index (κ3) is 4.63. The zero-order valence-corrected chi connectivity index (χ0v) is 17.1.